The SMILES string of the molecule is CCOC1CC(O)(CNc2ncnc3cc(F)c(OC)cc23)C1(C)C. The molecule has 1 aliphatic rings. The molecule has 0 radical (unpaired) electrons. The number of benzene rings is 1. The maximum atomic E-state index is 13.8. The van der Waals surface area contributed by atoms with Crippen molar-refractivity contribution in [1.82, 2.24) is 9.97 Å². The third-order valence-electron chi connectivity index (χ3n) is 5.35. The van der Waals surface area contributed by atoms with Crippen LogP contribution in [0.1, 0.15) is 27.2 Å². The Bertz CT molecular complexity index is 783. The molecule has 6 nitrogen and oxygen atoms in total. The normalized spacial score (nSPS) is 24.8. The lowest BCUT2D eigenvalue weighted by Gasteiger charge is -2.58. The zero-order chi connectivity index (χ0) is 18.2. The van der Waals surface area contributed by atoms with Crippen molar-refractivity contribution in [3.05, 3.63) is 24.3 Å². The van der Waals surface area contributed by atoms with E-state index in [1.807, 2.05) is 20.8 Å². The standard InChI is InChI=1S/C18H24FN3O3/c1-5-25-15-8-18(23,17(15,2)3)9-20-16-11-6-14(24-4)12(19)7-13(11)21-10-22-16/h6-7,10,15,23H,5,8-9H2,1-4H3,(H,20,21,22). The molecule has 1 heterocycles. The van der Waals surface area contributed by atoms with Gasteiger partial charge in [0.2, 0.25) is 0 Å². The Labute approximate surface area is 146 Å². The zero-order valence-corrected chi connectivity index (χ0v) is 15.0. The van der Waals surface area contributed by atoms with Crippen LogP contribution in [0.2, 0.25) is 0 Å². The molecule has 0 saturated heterocycles. The van der Waals surface area contributed by atoms with Crippen molar-refractivity contribution in [3.63, 3.8) is 0 Å². The van der Waals surface area contributed by atoms with Crippen molar-refractivity contribution in [2.75, 3.05) is 25.6 Å². The fourth-order valence-electron chi connectivity index (χ4n) is 3.35. The molecular weight excluding hydrogens is 325 g/mol. The van der Waals surface area contributed by atoms with Gasteiger partial charge in [0.1, 0.15) is 12.1 Å². The Morgan fingerprint density at radius 1 is 1.36 bits per heavy atom. The first kappa shape index (κ1) is 17.8. The van der Waals surface area contributed by atoms with Crippen LogP contribution in [0.3, 0.4) is 0 Å². The molecule has 136 valence electrons. The molecule has 1 aliphatic carbocycles. The van der Waals surface area contributed by atoms with E-state index in [1.165, 1.54) is 19.5 Å². The van der Waals surface area contributed by atoms with Crippen LogP contribution in [0.5, 0.6) is 5.75 Å². The van der Waals surface area contributed by atoms with Crippen molar-refractivity contribution in [2.45, 2.75) is 38.9 Å². The summed E-state index contributed by atoms with van der Waals surface area (Å²) in [5.41, 5.74) is -0.806. The van der Waals surface area contributed by atoms with Gasteiger partial charge in [0.25, 0.3) is 0 Å². The van der Waals surface area contributed by atoms with Crippen LogP contribution in [-0.4, -0.2) is 47.0 Å². The quantitative estimate of drug-likeness (QED) is 0.835. The topological polar surface area (TPSA) is 76.5 Å². The molecule has 0 amide bonds. The van der Waals surface area contributed by atoms with Gasteiger partial charge in [-0.2, -0.15) is 0 Å². The van der Waals surface area contributed by atoms with E-state index in [4.69, 9.17) is 9.47 Å². The maximum absolute atomic E-state index is 13.8. The van der Waals surface area contributed by atoms with Gasteiger partial charge in [-0.15, -0.1) is 0 Å². The van der Waals surface area contributed by atoms with Crippen LogP contribution in [0.15, 0.2) is 18.5 Å². The fourth-order valence-corrected chi connectivity index (χ4v) is 3.35. The van der Waals surface area contributed by atoms with E-state index >= 15 is 0 Å². The van der Waals surface area contributed by atoms with Gasteiger partial charge >= 0.3 is 0 Å². The minimum Gasteiger partial charge on any atom is -0.494 e. The third-order valence-corrected chi connectivity index (χ3v) is 5.35. The number of hydrogen-bond donors (Lipinski definition) is 2. The number of methoxy groups -OCH3 is 1. The van der Waals surface area contributed by atoms with E-state index in [1.54, 1.807) is 6.07 Å². The van der Waals surface area contributed by atoms with E-state index in [9.17, 15) is 9.50 Å². The van der Waals surface area contributed by atoms with Crippen LogP contribution in [0.4, 0.5) is 10.2 Å². The first-order valence-electron chi connectivity index (χ1n) is 8.38. The van der Waals surface area contributed by atoms with Gasteiger partial charge in [-0.1, -0.05) is 13.8 Å². The average molecular weight is 349 g/mol. The van der Waals surface area contributed by atoms with Crippen LogP contribution in [0, 0.1) is 11.2 Å². The van der Waals surface area contributed by atoms with E-state index in [2.05, 4.69) is 15.3 Å². The third kappa shape index (κ3) is 2.91. The summed E-state index contributed by atoms with van der Waals surface area (Å²) in [5.74, 6) is 0.190. The molecule has 0 bridgehead atoms. The predicted molar refractivity (Wildman–Crippen MR) is 93.3 cm³/mol. The van der Waals surface area contributed by atoms with E-state index in [0.717, 1.165) is 0 Å². The number of halogens is 1. The lowest BCUT2D eigenvalue weighted by molar-refractivity contribution is -0.233. The van der Waals surface area contributed by atoms with E-state index < -0.39 is 11.4 Å². The van der Waals surface area contributed by atoms with Gasteiger partial charge in [0.05, 0.1) is 24.3 Å². The highest BCUT2D eigenvalue weighted by atomic mass is 19.1. The molecule has 2 atom stereocenters. The van der Waals surface area contributed by atoms with E-state index in [0.29, 0.717) is 36.3 Å². The maximum Gasteiger partial charge on any atom is 0.167 e. The number of ether oxygens (including phenoxy) is 2. The lowest BCUT2D eigenvalue weighted by atomic mass is 9.56. The molecule has 1 fully saturated rings. The Morgan fingerprint density at radius 3 is 2.76 bits per heavy atom. The molecular formula is C18H24FN3O3. The molecule has 0 spiro atoms. The van der Waals surface area contributed by atoms with Gasteiger partial charge in [0.15, 0.2) is 11.6 Å². The molecule has 2 aromatic rings. The van der Waals surface area contributed by atoms with Crippen molar-refractivity contribution >= 4 is 16.7 Å². The number of nitrogens with zero attached hydrogens (tertiary/aromatic N) is 2. The number of aliphatic hydroxyl groups is 1. The smallest absolute Gasteiger partial charge is 0.167 e. The number of aromatic nitrogens is 2. The summed E-state index contributed by atoms with van der Waals surface area (Å²) in [5, 5.41) is 14.8. The lowest BCUT2D eigenvalue weighted by Crippen LogP contribution is -2.67. The van der Waals surface area contributed by atoms with Gasteiger partial charge < -0.3 is 19.9 Å². The number of anilines is 1. The zero-order valence-electron chi connectivity index (χ0n) is 15.0. The number of nitrogens with one attached hydrogen (secondary N) is 1. The molecule has 2 N–H and O–H groups in total. The first-order chi connectivity index (χ1) is 11.8. The molecule has 25 heavy (non-hydrogen) atoms. The van der Waals surface area contributed by atoms with Crippen LogP contribution >= 0.6 is 0 Å². The monoisotopic (exact) mass is 349 g/mol. The first-order valence-corrected chi connectivity index (χ1v) is 8.38. The molecule has 2 unspecified atom stereocenters. The largest absolute Gasteiger partial charge is 0.494 e. The second-order valence-electron chi connectivity index (χ2n) is 6.98. The van der Waals surface area contributed by atoms with Crippen molar-refractivity contribution in [3.8, 4) is 5.75 Å². The van der Waals surface area contributed by atoms with Gasteiger partial charge in [-0.3, -0.25) is 0 Å². The van der Waals surface area contributed by atoms with Crippen molar-refractivity contribution < 1.29 is 19.0 Å². The molecule has 7 heteroatoms. The van der Waals surface area contributed by atoms with Crippen LogP contribution in [0.25, 0.3) is 10.9 Å². The number of rotatable bonds is 6. The Hall–Kier alpha value is -1.99. The van der Waals surface area contributed by atoms with Gasteiger partial charge in [0, 0.05) is 36.4 Å². The molecule has 1 aromatic carbocycles. The summed E-state index contributed by atoms with van der Waals surface area (Å²) in [6.07, 6.45) is 1.96. The Kier molecular flexibility index (Phi) is 4.55. The average Bonchev–Trinajstić information content (AvgIpc) is 2.59. The molecule has 1 aromatic heterocycles. The molecule has 3 rings (SSSR count). The summed E-state index contributed by atoms with van der Waals surface area (Å²) < 4.78 is 24.6. The number of hydrogen-bond acceptors (Lipinski definition) is 6. The highest BCUT2D eigenvalue weighted by molar-refractivity contribution is 5.90. The van der Waals surface area contributed by atoms with E-state index in [-0.39, 0.29) is 17.3 Å². The van der Waals surface area contributed by atoms with Crippen molar-refractivity contribution in [1.29, 1.82) is 0 Å². The predicted octanol–water partition coefficient (Wildman–Crippen LogP) is 2.76. The summed E-state index contributed by atoms with van der Waals surface area (Å²) in [6, 6.07) is 2.88. The summed E-state index contributed by atoms with van der Waals surface area (Å²) in [4.78, 5) is 8.33. The minimum absolute atomic E-state index is 0.0284. The highest BCUT2D eigenvalue weighted by Crippen LogP contribution is 2.51. The van der Waals surface area contributed by atoms with Gasteiger partial charge in [-0.05, 0) is 13.0 Å². The number of fused-ring (bicyclic) bond motifs is 1. The Balaban J connectivity index is 1.82. The minimum atomic E-state index is -0.909. The summed E-state index contributed by atoms with van der Waals surface area (Å²) in [7, 11) is 1.41. The second kappa shape index (κ2) is 6.38. The Morgan fingerprint density at radius 2 is 2.12 bits per heavy atom. The fraction of sp³-hybridized carbons (Fsp3) is 0.556. The highest BCUT2D eigenvalue weighted by Gasteiger charge is 2.59. The molecule has 1 saturated carbocycles. The molecule has 0 aliphatic heterocycles. The van der Waals surface area contributed by atoms with Gasteiger partial charge in [-0.25, -0.2) is 14.4 Å². The van der Waals surface area contributed by atoms with Crippen LogP contribution in [-0.2, 0) is 4.74 Å². The van der Waals surface area contributed by atoms with Crippen LogP contribution < -0.4 is 10.1 Å². The van der Waals surface area contributed by atoms with Crippen molar-refractivity contribution in [2.24, 2.45) is 5.41 Å². The summed E-state index contributed by atoms with van der Waals surface area (Å²) >= 11 is 0. The summed E-state index contributed by atoms with van der Waals surface area (Å²) in [6.45, 7) is 6.88. The second-order valence-corrected chi connectivity index (χ2v) is 6.98.